The van der Waals surface area contributed by atoms with Gasteiger partial charge in [-0.2, -0.15) is 0 Å². The molecule has 6 nitrogen and oxygen atoms in total. The van der Waals surface area contributed by atoms with Crippen molar-refractivity contribution >= 4 is 17.7 Å². The zero-order valence-corrected chi connectivity index (χ0v) is 12.7. The zero-order valence-electron chi connectivity index (χ0n) is 12.7. The van der Waals surface area contributed by atoms with Crippen molar-refractivity contribution in [3.8, 4) is 0 Å². The molecule has 2 N–H and O–H groups in total. The van der Waals surface area contributed by atoms with E-state index in [1.54, 1.807) is 23.4 Å². The molecule has 2 aromatic rings. The Hall–Kier alpha value is -2.63. The first-order valence-electron chi connectivity index (χ1n) is 7.28. The third-order valence-electron chi connectivity index (χ3n) is 3.83. The first-order valence-corrected chi connectivity index (χ1v) is 7.28. The number of nitrogens with zero attached hydrogens (tertiary/aromatic N) is 3. The first kappa shape index (κ1) is 14.3. The van der Waals surface area contributed by atoms with E-state index in [1.165, 1.54) is 11.1 Å². The van der Waals surface area contributed by atoms with E-state index in [1.807, 2.05) is 25.1 Å². The Morgan fingerprint density at radius 3 is 2.59 bits per heavy atom. The number of anilines is 2. The summed E-state index contributed by atoms with van der Waals surface area (Å²) in [7, 11) is 0. The van der Waals surface area contributed by atoms with Gasteiger partial charge in [-0.05, 0) is 43.2 Å². The van der Waals surface area contributed by atoms with E-state index in [2.05, 4.69) is 27.5 Å². The van der Waals surface area contributed by atoms with Gasteiger partial charge in [0, 0.05) is 31.2 Å². The molecule has 0 aliphatic carbocycles. The maximum atomic E-state index is 12.1. The van der Waals surface area contributed by atoms with Crippen molar-refractivity contribution in [3.63, 3.8) is 0 Å². The van der Waals surface area contributed by atoms with Crippen molar-refractivity contribution < 1.29 is 4.79 Å². The summed E-state index contributed by atoms with van der Waals surface area (Å²) in [4.78, 5) is 22.1. The molecule has 2 heterocycles. The molecule has 0 bridgehead atoms. The van der Waals surface area contributed by atoms with E-state index in [4.69, 9.17) is 0 Å². The van der Waals surface area contributed by atoms with Crippen LogP contribution in [0.2, 0.25) is 0 Å². The molecular formula is C16H19N5O. The molecule has 0 atom stereocenters. The van der Waals surface area contributed by atoms with E-state index >= 15 is 0 Å². The van der Waals surface area contributed by atoms with Crippen molar-refractivity contribution in [2.24, 2.45) is 0 Å². The lowest BCUT2D eigenvalue weighted by molar-refractivity contribution is 0.171. The number of likely N-dealkylation sites (tertiary alicyclic amines) is 1. The molecule has 1 fully saturated rings. The Labute approximate surface area is 129 Å². The van der Waals surface area contributed by atoms with E-state index < -0.39 is 0 Å². The van der Waals surface area contributed by atoms with Crippen LogP contribution < -0.4 is 10.6 Å². The molecule has 1 aromatic heterocycles. The summed E-state index contributed by atoms with van der Waals surface area (Å²) in [5.74, 6) is 0.599. The number of aryl methyl sites for hydroxylation is 2. The Balaban J connectivity index is 1.50. The molecule has 1 aliphatic rings. The van der Waals surface area contributed by atoms with Gasteiger partial charge in [-0.1, -0.05) is 6.07 Å². The number of amides is 2. The monoisotopic (exact) mass is 297 g/mol. The molecule has 1 aliphatic heterocycles. The summed E-state index contributed by atoms with van der Waals surface area (Å²) >= 11 is 0. The Bertz CT molecular complexity index is 667. The van der Waals surface area contributed by atoms with Crippen molar-refractivity contribution in [2.75, 3.05) is 23.7 Å². The second-order valence-corrected chi connectivity index (χ2v) is 5.55. The van der Waals surface area contributed by atoms with E-state index in [-0.39, 0.29) is 12.1 Å². The summed E-state index contributed by atoms with van der Waals surface area (Å²) in [6, 6.07) is 7.82. The van der Waals surface area contributed by atoms with E-state index in [0.29, 0.717) is 19.0 Å². The van der Waals surface area contributed by atoms with Gasteiger partial charge in [-0.3, -0.25) is 0 Å². The fraction of sp³-hybridized carbons (Fsp3) is 0.312. The molecular weight excluding hydrogens is 278 g/mol. The minimum atomic E-state index is -0.0738. The third kappa shape index (κ3) is 3.16. The van der Waals surface area contributed by atoms with Crippen LogP contribution in [0.25, 0.3) is 0 Å². The summed E-state index contributed by atoms with van der Waals surface area (Å²) < 4.78 is 0. The molecule has 0 radical (unpaired) electrons. The number of aromatic nitrogens is 2. The molecule has 22 heavy (non-hydrogen) atoms. The Morgan fingerprint density at radius 2 is 1.91 bits per heavy atom. The molecule has 0 spiro atoms. The fourth-order valence-corrected chi connectivity index (χ4v) is 2.31. The molecule has 2 amide bonds. The highest BCUT2D eigenvalue weighted by Gasteiger charge is 2.31. The number of rotatable bonds is 3. The number of carbonyl (C=O) groups excluding carboxylic acids is 1. The van der Waals surface area contributed by atoms with Crippen LogP contribution in [0.1, 0.15) is 11.1 Å². The van der Waals surface area contributed by atoms with E-state index in [0.717, 1.165) is 5.69 Å². The Kier molecular flexibility index (Phi) is 3.91. The number of benzene rings is 1. The SMILES string of the molecule is Cc1ccc(NC(=O)N2CC(Nc3ncccn3)C2)cc1C. The van der Waals surface area contributed by atoms with Crippen molar-refractivity contribution in [3.05, 3.63) is 47.8 Å². The normalized spacial score (nSPS) is 14.4. The van der Waals surface area contributed by atoms with Gasteiger partial charge in [0.15, 0.2) is 0 Å². The van der Waals surface area contributed by atoms with Gasteiger partial charge >= 0.3 is 6.03 Å². The summed E-state index contributed by atoms with van der Waals surface area (Å²) in [6.07, 6.45) is 3.39. The zero-order chi connectivity index (χ0) is 15.5. The predicted molar refractivity (Wildman–Crippen MR) is 86.0 cm³/mol. The highest BCUT2D eigenvalue weighted by atomic mass is 16.2. The van der Waals surface area contributed by atoms with Crippen LogP contribution in [0, 0.1) is 13.8 Å². The standard InChI is InChI=1S/C16H19N5O/c1-11-4-5-13(8-12(11)2)20-16(22)21-9-14(10-21)19-15-17-6-3-7-18-15/h3-8,14H,9-10H2,1-2H3,(H,20,22)(H,17,18,19). The highest BCUT2D eigenvalue weighted by molar-refractivity contribution is 5.90. The number of urea groups is 1. The number of hydrogen-bond donors (Lipinski definition) is 2. The molecule has 1 saturated heterocycles. The average Bonchev–Trinajstić information content (AvgIpc) is 2.47. The topological polar surface area (TPSA) is 70.2 Å². The molecule has 114 valence electrons. The van der Waals surface area contributed by atoms with Gasteiger partial charge in [0.2, 0.25) is 5.95 Å². The van der Waals surface area contributed by atoms with Crippen molar-refractivity contribution in [1.29, 1.82) is 0 Å². The summed E-state index contributed by atoms with van der Waals surface area (Å²) in [5, 5.41) is 6.12. The second kappa shape index (κ2) is 6.01. The quantitative estimate of drug-likeness (QED) is 0.913. The number of nitrogens with one attached hydrogen (secondary N) is 2. The lowest BCUT2D eigenvalue weighted by Gasteiger charge is -2.39. The predicted octanol–water partition coefficient (Wildman–Crippen LogP) is 2.42. The summed E-state index contributed by atoms with van der Waals surface area (Å²) in [5.41, 5.74) is 3.21. The van der Waals surface area contributed by atoms with Gasteiger partial charge in [0.25, 0.3) is 0 Å². The lowest BCUT2D eigenvalue weighted by atomic mass is 10.1. The molecule has 0 saturated carbocycles. The van der Waals surface area contributed by atoms with Crippen LogP contribution >= 0.6 is 0 Å². The van der Waals surface area contributed by atoms with Gasteiger partial charge in [0.1, 0.15) is 0 Å². The Morgan fingerprint density at radius 1 is 1.18 bits per heavy atom. The van der Waals surface area contributed by atoms with Crippen LogP contribution in [-0.2, 0) is 0 Å². The maximum absolute atomic E-state index is 12.1. The van der Waals surface area contributed by atoms with Crippen LogP contribution in [0.5, 0.6) is 0 Å². The van der Waals surface area contributed by atoms with Gasteiger partial charge in [-0.25, -0.2) is 14.8 Å². The maximum Gasteiger partial charge on any atom is 0.321 e. The molecule has 6 heteroatoms. The highest BCUT2D eigenvalue weighted by Crippen LogP contribution is 2.17. The van der Waals surface area contributed by atoms with E-state index in [9.17, 15) is 4.79 Å². The smallest absolute Gasteiger partial charge is 0.321 e. The number of carbonyl (C=O) groups is 1. The second-order valence-electron chi connectivity index (χ2n) is 5.55. The van der Waals surface area contributed by atoms with Gasteiger partial charge < -0.3 is 15.5 Å². The van der Waals surface area contributed by atoms with Crippen molar-refractivity contribution in [1.82, 2.24) is 14.9 Å². The largest absolute Gasteiger partial charge is 0.348 e. The molecule has 1 aromatic carbocycles. The number of hydrogen-bond acceptors (Lipinski definition) is 4. The lowest BCUT2D eigenvalue weighted by Crippen LogP contribution is -2.58. The van der Waals surface area contributed by atoms with Crippen LogP contribution in [0.15, 0.2) is 36.7 Å². The molecule has 0 unspecified atom stereocenters. The van der Waals surface area contributed by atoms with Crippen LogP contribution in [0.4, 0.5) is 16.4 Å². The first-order chi connectivity index (χ1) is 10.6. The van der Waals surface area contributed by atoms with Gasteiger partial charge in [-0.15, -0.1) is 0 Å². The fourth-order valence-electron chi connectivity index (χ4n) is 2.31. The van der Waals surface area contributed by atoms with Crippen LogP contribution in [-0.4, -0.2) is 40.0 Å². The third-order valence-corrected chi connectivity index (χ3v) is 3.83. The minimum absolute atomic E-state index is 0.0738. The van der Waals surface area contributed by atoms with Crippen molar-refractivity contribution in [2.45, 2.75) is 19.9 Å². The summed E-state index contributed by atoms with van der Waals surface area (Å²) in [6.45, 7) is 5.39. The van der Waals surface area contributed by atoms with Crippen LogP contribution in [0.3, 0.4) is 0 Å². The average molecular weight is 297 g/mol. The minimum Gasteiger partial charge on any atom is -0.348 e. The van der Waals surface area contributed by atoms with Gasteiger partial charge in [0.05, 0.1) is 6.04 Å². The molecule has 3 rings (SSSR count).